The normalized spacial score (nSPS) is 18.3. The number of rotatable bonds is 15. The van der Waals surface area contributed by atoms with E-state index >= 15 is 0 Å². The second-order valence-electron chi connectivity index (χ2n) is 4.57. The third kappa shape index (κ3) is 14.7. The Hall–Kier alpha value is 2.99. The molecule has 0 fully saturated rings. The van der Waals surface area contributed by atoms with Gasteiger partial charge < -0.3 is 0 Å². The number of phosphoric acid groups is 1. The molecule has 0 N–H and O–H groups in total. The molecule has 0 aliphatic rings. The summed E-state index contributed by atoms with van der Waals surface area (Å²) in [5.74, 6) is 0. The Morgan fingerprint density at radius 3 is 1.13 bits per heavy atom. The van der Waals surface area contributed by atoms with Crippen molar-refractivity contribution in [2.24, 2.45) is 0 Å². The molecule has 0 saturated heterocycles. The van der Waals surface area contributed by atoms with Crippen molar-refractivity contribution in [2.45, 2.75) is 33.7 Å². The van der Waals surface area contributed by atoms with Crippen molar-refractivity contribution in [3.8, 4) is 0 Å². The molecule has 0 radical (unpaired) electrons. The van der Waals surface area contributed by atoms with Gasteiger partial charge in [-0.2, -0.15) is 0 Å². The van der Waals surface area contributed by atoms with Crippen LogP contribution in [0.1, 0.15) is 19.3 Å². The molecule has 0 spiro atoms. The SMILES string of the molecule is O=P(OCCC(Br)CBr)(OCCC(Br)CBr)OCCC(Br)CBr. The number of hydrogen-bond acceptors (Lipinski definition) is 4. The van der Waals surface area contributed by atoms with Crippen LogP contribution in [0.5, 0.6) is 0 Å². The first-order chi connectivity index (χ1) is 10.9. The maximum absolute atomic E-state index is 12.7. The number of halogens is 6. The van der Waals surface area contributed by atoms with Crippen LogP contribution in [0.25, 0.3) is 0 Å². The minimum Gasteiger partial charge on any atom is -0.287 e. The molecule has 3 unspecified atom stereocenters. The molecule has 0 bridgehead atoms. The first-order valence-corrected chi connectivity index (χ1v) is 14.6. The molecule has 0 saturated carbocycles. The number of phosphoric ester groups is 1. The predicted molar refractivity (Wildman–Crippen MR) is 119 cm³/mol. The van der Waals surface area contributed by atoms with Crippen LogP contribution < -0.4 is 0 Å². The van der Waals surface area contributed by atoms with E-state index in [1.54, 1.807) is 0 Å². The van der Waals surface area contributed by atoms with Crippen LogP contribution in [-0.2, 0) is 18.1 Å². The minimum absolute atomic E-state index is 0.261. The largest absolute Gasteiger partial charge is 0.474 e. The fourth-order valence-electron chi connectivity index (χ4n) is 1.22. The highest BCUT2D eigenvalue weighted by Gasteiger charge is 2.27. The zero-order valence-corrected chi connectivity index (χ0v) is 22.9. The predicted octanol–water partition coefficient (Wildman–Crippen LogP) is 6.79. The quantitative estimate of drug-likeness (QED) is 0.137. The van der Waals surface area contributed by atoms with Crippen LogP contribution in [-0.4, -0.2) is 50.3 Å². The Kier molecular flexibility index (Phi) is 18.1. The Morgan fingerprint density at radius 1 is 0.652 bits per heavy atom. The van der Waals surface area contributed by atoms with Gasteiger partial charge in [0.25, 0.3) is 0 Å². The van der Waals surface area contributed by atoms with Crippen molar-refractivity contribution in [3.05, 3.63) is 0 Å². The minimum atomic E-state index is -3.53. The first-order valence-electron chi connectivity index (χ1n) is 7.00. The van der Waals surface area contributed by atoms with Crippen LogP contribution in [0, 0.1) is 0 Å². The Morgan fingerprint density at radius 2 is 0.913 bits per heavy atom. The van der Waals surface area contributed by atoms with Gasteiger partial charge in [-0.1, -0.05) is 95.6 Å². The molecule has 0 aliphatic heterocycles. The lowest BCUT2D eigenvalue weighted by Crippen LogP contribution is -2.11. The lowest BCUT2D eigenvalue weighted by molar-refractivity contribution is 0.111. The Bertz CT molecular complexity index is 291. The maximum atomic E-state index is 12.7. The average molecular weight is 740 g/mol. The molecule has 0 aliphatic carbocycles. The summed E-state index contributed by atoms with van der Waals surface area (Å²) < 4.78 is 29.0. The van der Waals surface area contributed by atoms with Crippen LogP contribution >= 0.6 is 103 Å². The summed E-state index contributed by atoms with van der Waals surface area (Å²) in [6.07, 6.45) is 2.15. The highest BCUT2D eigenvalue weighted by atomic mass is 79.9. The van der Waals surface area contributed by atoms with Gasteiger partial charge in [-0.05, 0) is 19.3 Å². The van der Waals surface area contributed by atoms with Crippen LogP contribution in [0.2, 0.25) is 0 Å². The van der Waals surface area contributed by atoms with Gasteiger partial charge in [0.2, 0.25) is 0 Å². The molecule has 0 aromatic rings. The molecule has 0 aromatic carbocycles. The van der Waals surface area contributed by atoms with Gasteiger partial charge in [-0.15, -0.1) is 0 Å². The summed E-state index contributed by atoms with van der Waals surface area (Å²) in [5, 5.41) is 2.40. The van der Waals surface area contributed by atoms with Crippen LogP contribution in [0.15, 0.2) is 0 Å². The van der Waals surface area contributed by atoms with Gasteiger partial charge in [-0.3, -0.25) is 13.6 Å². The van der Waals surface area contributed by atoms with E-state index in [-0.39, 0.29) is 14.5 Å². The van der Waals surface area contributed by atoms with E-state index in [0.717, 1.165) is 16.0 Å². The van der Waals surface area contributed by atoms with Crippen LogP contribution in [0.3, 0.4) is 0 Å². The van der Waals surface area contributed by atoms with Crippen LogP contribution in [0.4, 0.5) is 0 Å². The molecule has 140 valence electrons. The summed E-state index contributed by atoms with van der Waals surface area (Å²) in [6.45, 7) is 0.932. The number of hydrogen-bond donors (Lipinski definition) is 0. The van der Waals surface area contributed by atoms with E-state index < -0.39 is 7.82 Å². The van der Waals surface area contributed by atoms with E-state index in [9.17, 15) is 4.57 Å². The fourth-order valence-corrected chi connectivity index (χ4v) is 3.96. The van der Waals surface area contributed by atoms with E-state index in [2.05, 4.69) is 95.6 Å². The van der Waals surface area contributed by atoms with Gasteiger partial charge in [0, 0.05) is 30.5 Å². The molecule has 3 atom stereocenters. The molecular formula is C12H21Br6O4P. The molecule has 0 aromatic heterocycles. The molecule has 0 rings (SSSR count). The highest BCUT2D eigenvalue weighted by molar-refractivity contribution is 9.12. The summed E-state index contributed by atoms with van der Waals surface area (Å²) in [6, 6.07) is 0. The lowest BCUT2D eigenvalue weighted by atomic mass is 10.4. The van der Waals surface area contributed by atoms with Gasteiger partial charge in [0.15, 0.2) is 0 Å². The zero-order chi connectivity index (χ0) is 17.7. The van der Waals surface area contributed by atoms with Crippen molar-refractivity contribution in [1.29, 1.82) is 0 Å². The maximum Gasteiger partial charge on any atom is 0.474 e. The zero-order valence-electron chi connectivity index (χ0n) is 12.4. The molecule has 0 heterocycles. The van der Waals surface area contributed by atoms with Gasteiger partial charge in [0.05, 0.1) is 19.8 Å². The summed E-state index contributed by atoms with van der Waals surface area (Å²) >= 11 is 20.6. The molecule has 0 amide bonds. The van der Waals surface area contributed by atoms with E-state index in [1.807, 2.05) is 0 Å². The van der Waals surface area contributed by atoms with Crippen molar-refractivity contribution in [1.82, 2.24) is 0 Å². The van der Waals surface area contributed by atoms with Crippen molar-refractivity contribution in [3.63, 3.8) is 0 Å². The highest BCUT2D eigenvalue weighted by Crippen LogP contribution is 2.50. The lowest BCUT2D eigenvalue weighted by Gasteiger charge is -2.19. The second-order valence-corrected chi connectivity index (χ2v) is 12.1. The molecule has 4 nitrogen and oxygen atoms in total. The summed E-state index contributed by atoms with van der Waals surface area (Å²) in [7, 11) is -3.53. The Labute approximate surface area is 189 Å². The van der Waals surface area contributed by atoms with E-state index in [4.69, 9.17) is 13.6 Å². The smallest absolute Gasteiger partial charge is 0.287 e. The standard InChI is InChI=1S/C12H21Br6O4P/c13-7-10(16)1-4-20-23(19,21-5-2-11(17)8-14)22-6-3-12(18)9-15/h10-12H,1-9H2. The van der Waals surface area contributed by atoms with Crippen molar-refractivity contribution in [2.75, 3.05) is 35.8 Å². The fraction of sp³-hybridized carbons (Fsp3) is 1.00. The summed E-state index contributed by atoms with van der Waals surface area (Å²) in [5.41, 5.74) is 0. The topological polar surface area (TPSA) is 44.8 Å². The monoisotopic (exact) mass is 734 g/mol. The Balaban J connectivity index is 4.35. The summed E-state index contributed by atoms with van der Waals surface area (Å²) in [4.78, 5) is 0.782. The van der Waals surface area contributed by atoms with Crippen molar-refractivity contribution < 1.29 is 18.1 Å². The second kappa shape index (κ2) is 16.0. The first kappa shape index (κ1) is 26.0. The average Bonchev–Trinajstić information content (AvgIpc) is 2.54. The van der Waals surface area contributed by atoms with Gasteiger partial charge in [-0.25, -0.2) is 4.57 Å². The molecule has 23 heavy (non-hydrogen) atoms. The molecular weight excluding hydrogens is 719 g/mol. The van der Waals surface area contributed by atoms with Crippen molar-refractivity contribution >= 4 is 103 Å². The van der Waals surface area contributed by atoms with Gasteiger partial charge >= 0.3 is 7.82 Å². The molecule has 11 heteroatoms. The van der Waals surface area contributed by atoms with E-state index in [1.165, 1.54) is 0 Å². The third-order valence-corrected chi connectivity index (χ3v) is 11.3. The van der Waals surface area contributed by atoms with Gasteiger partial charge in [0.1, 0.15) is 0 Å². The third-order valence-electron chi connectivity index (χ3n) is 2.54. The van der Waals surface area contributed by atoms with E-state index in [0.29, 0.717) is 39.1 Å². The number of alkyl halides is 6.